The van der Waals surface area contributed by atoms with Gasteiger partial charge in [0.25, 0.3) is 5.56 Å². The van der Waals surface area contributed by atoms with E-state index in [0.29, 0.717) is 28.7 Å². The molecule has 0 aromatic carbocycles. The van der Waals surface area contributed by atoms with E-state index in [1.54, 1.807) is 4.57 Å². The van der Waals surface area contributed by atoms with Gasteiger partial charge in [-0.05, 0) is 31.6 Å². The maximum absolute atomic E-state index is 12.7. The third-order valence-electron chi connectivity index (χ3n) is 6.31. The first-order valence-corrected chi connectivity index (χ1v) is 10.2. The molecule has 3 unspecified atom stereocenters. The molecule has 11 heteroatoms. The Balaban J connectivity index is 1.72. The van der Waals surface area contributed by atoms with Crippen LogP contribution in [0.1, 0.15) is 31.4 Å². The van der Waals surface area contributed by atoms with E-state index in [-0.39, 0.29) is 23.9 Å². The zero-order valence-electron chi connectivity index (χ0n) is 17.2. The number of amides is 2. The summed E-state index contributed by atoms with van der Waals surface area (Å²) in [6, 6.07) is -0.779. The lowest BCUT2D eigenvalue weighted by atomic mass is 9.91. The molecular formula is C19H28N8O3. The van der Waals surface area contributed by atoms with E-state index < -0.39 is 17.3 Å². The Kier molecular flexibility index (Phi) is 4.92. The number of nitrogens with zero attached hydrogens (tertiary/aromatic N) is 4. The number of carbonyl (C=O) groups excluding carboxylic acids is 1. The molecule has 0 radical (unpaired) electrons. The Morgan fingerprint density at radius 3 is 2.67 bits per heavy atom. The van der Waals surface area contributed by atoms with Crippen LogP contribution in [0.25, 0.3) is 10.9 Å². The van der Waals surface area contributed by atoms with Crippen molar-refractivity contribution in [3.8, 4) is 0 Å². The van der Waals surface area contributed by atoms with E-state index in [9.17, 15) is 14.4 Å². The Hall–Kier alpha value is -3.08. The smallest absolute Gasteiger partial charge is 0.350 e. The van der Waals surface area contributed by atoms with Crippen LogP contribution in [0.4, 0.5) is 10.6 Å². The number of aryl methyl sites for hydroxylation is 1. The van der Waals surface area contributed by atoms with Crippen LogP contribution in [-0.4, -0.2) is 45.9 Å². The lowest BCUT2D eigenvalue weighted by molar-refractivity contribution is 0.246. The average molecular weight is 416 g/mol. The van der Waals surface area contributed by atoms with Crippen LogP contribution in [0.3, 0.4) is 0 Å². The first-order chi connectivity index (χ1) is 14.2. The summed E-state index contributed by atoms with van der Waals surface area (Å²) in [5.41, 5.74) is 11.8. The van der Waals surface area contributed by atoms with Crippen molar-refractivity contribution in [3.05, 3.63) is 32.6 Å². The zero-order chi connectivity index (χ0) is 21.7. The second kappa shape index (κ2) is 7.31. The molecule has 11 nitrogen and oxygen atoms in total. The van der Waals surface area contributed by atoms with E-state index in [0.717, 1.165) is 30.8 Å². The topological polar surface area (TPSA) is 167 Å². The first-order valence-electron chi connectivity index (χ1n) is 10.2. The van der Waals surface area contributed by atoms with Gasteiger partial charge in [-0.25, -0.2) is 14.6 Å². The molecule has 3 atom stereocenters. The quantitative estimate of drug-likeness (QED) is 0.453. The summed E-state index contributed by atoms with van der Waals surface area (Å²) < 4.78 is 2.30. The number of urea groups is 1. The SMILES string of the molecule is Cc1c(N2CC(C)C(C(N)CNC(N)=O)C2)ncc2c(=O)n(N)c(=O)n(C3CC3)c12. The number of hydrogen-bond donors (Lipinski definition) is 4. The maximum Gasteiger partial charge on any atom is 0.350 e. The van der Waals surface area contributed by atoms with Crippen LogP contribution >= 0.6 is 0 Å². The molecule has 1 saturated heterocycles. The highest BCUT2D eigenvalue weighted by Crippen LogP contribution is 2.38. The van der Waals surface area contributed by atoms with E-state index in [4.69, 9.17) is 17.3 Å². The number of rotatable bonds is 5. The Labute approximate surface area is 172 Å². The molecule has 0 bridgehead atoms. The Morgan fingerprint density at radius 2 is 2.03 bits per heavy atom. The van der Waals surface area contributed by atoms with Crippen molar-refractivity contribution < 1.29 is 4.79 Å². The third-order valence-corrected chi connectivity index (χ3v) is 6.31. The van der Waals surface area contributed by atoms with Crippen LogP contribution in [0, 0.1) is 18.8 Å². The van der Waals surface area contributed by atoms with Crippen molar-refractivity contribution in [1.82, 2.24) is 19.5 Å². The van der Waals surface area contributed by atoms with Crippen molar-refractivity contribution in [3.63, 3.8) is 0 Å². The van der Waals surface area contributed by atoms with Gasteiger partial charge in [-0.3, -0.25) is 9.36 Å². The summed E-state index contributed by atoms with van der Waals surface area (Å²) in [5, 5.41) is 2.91. The number of primary amides is 1. The highest BCUT2D eigenvalue weighted by molar-refractivity contribution is 5.84. The molecule has 2 fully saturated rings. The van der Waals surface area contributed by atoms with Crippen LogP contribution in [0.15, 0.2) is 15.8 Å². The van der Waals surface area contributed by atoms with Gasteiger partial charge in [0.05, 0.1) is 10.9 Å². The predicted octanol–water partition coefficient (Wildman–Crippen LogP) is -1.02. The van der Waals surface area contributed by atoms with Crippen LogP contribution in [0.5, 0.6) is 0 Å². The largest absolute Gasteiger partial charge is 0.356 e. The summed E-state index contributed by atoms with van der Waals surface area (Å²) in [6.45, 7) is 5.69. The van der Waals surface area contributed by atoms with Gasteiger partial charge >= 0.3 is 11.7 Å². The molecule has 3 heterocycles. The molecule has 2 amide bonds. The monoisotopic (exact) mass is 416 g/mol. The second-order valence-electron chi connectivity index (χ2n) is 8.48. The summed E-state index contributed by atoms with van der Waals surface area (Å²) in [5.74, 6) is 6.86. The van der Waals surface area contributed by atoms with Crippen molar-refractivity contribution in [2.24, 2.45) is 23.3 Å². The molecule has 1 aliphatic heterocycles. The summed E-state index contributed by atoms with van der Waals surface area (Å²) >= 11 is 0. The minimum Gasteiger partial charge on any atom is -0.356 e. The number of aromatic nitrogens is 3. The fourth-order valence-electron chi connectivity index (χ4n) is 4.57. The van der Waals surface area contributed by atoms with Gasteiger partial charge in [0.15, 0.2) is 0 Å². The van der Waals surface area contributed by atoms with Gasteiger partial charge in [0, 0.05) is 43.5 Å². The third kappa shape index (κ3) is 3.28. The minimum absolute atomic E-state index is 0.0582. The van der Waals surface area contributed by atoms with Gasteiger partial charge < -0.3 is 27.5 Å². The molecule has 0 spiro atoms. The van der Waals surface area contributed by atoms with Crippen LogP contribution in [0.2, 0.25) is 0 Å². The summed E-state index contributed by atoms with van der Waals surface area (Å²) in [4.78, 5) is 42.9. The molecule has 2 aromatic heterocycles. The highest BCUT2D eigenvalue weighted by Gasteiger charge is 2.36. The molecule has 30 heavy (non-hydrogen) atoms. The minimum atomic E-state index is -0.594. The van der Waals surface area contributed by atoms with E-state index in [1.165, 1.54) is 6.20 Å². The normalized spacial score (nSPS) is 22.4. The van der Waals surface area contributed by atoms with Crippen LogP contribution < -0.4 is 38.8 Å². The first kappa shape index (κ1) is 20.2. The molecule has 4 rings (SSSR count). The number of fused-ring (bicyclic) bond motifs is 1. The molecule has 1 aliphatic carbocycles. The molecule has 2 aromatic rings. The fourth-order valence-corrected chi connectivity index (χ4v) is 4.57. The van der Waals surface area contributed by atoms with Crippen molar-refractivity contribution >= 4 is 22.8 Å². The molecule has 162 valence electrons. The summed E-state index contributed by atoms with van der Waals surface area (Å²) in [7, 11) is 0. The Bertz CT molecular complexity index is 1120. The van der Waals surface area contributed by atoms with Crippen molar-refractivity contribution in [2.75, 3.05) is 30.4 Å². The number of pyridine rings is 1. The maximum atomic E-state index is 12.7. The van der Waals surface area contributed by atoms with E-state index in [2.05, 4.69) is 22.1 Å². The summed E-state index contributed by atoms with van der Waals surface area (Å²) in [6.07, 6.45) is 3.28. The number of nitrogens with two attached hydrogens (primary N) is 3. The van der Waals surface area contributed by atoms with E-state index >= 15 is 0 Å². The number of anilines is 1. The van der Waals surface area contributed by atoms with Gasteiger partial charge in [0.1, 0.15) is 5.82 Å². The molecular weight excluding hydrogens is 388 g/mol. The highest BCUT2D eigenvalue weighted by atomic mass is 16.2. The standard InChI is InChI=1S/C19H28N8O3/c1-9-7-25(8-13(9)14(20)6-24-18(21)29)16-10(2)15-12(5-23-16)17(28)27(22)19(30)26(15)11-3-4-11/h5,9,11,13-14H,3-4,6-8,20,22H2,1-2H3,(H3,21,24,29). The second-order valence-corrected chi connectivity index (χ2v) is 8.48. The van der Waals surface area contributed by atoms with Gasteiger partial charge in [-0.15, -0.1) is 0 Å². The zero-order valence-corrected chi connectivity index (χ0v) is 17.2. The van der Waals surface area contributed by atoms with Gasteiger partial charge in [-0.2, -0.15) is 4.68 Å². The number of carbonyl (C=O) groups is 1. The lowest BCUT2D eigenvalue weighted by Crippen LogP contribution is -2.46. The predicted molar refractivity (Wildman–Crippen MR) is 114 cm³/mol. The fraction of sp³-hybridized carbons (Fsp3) is 0.579. The Morgan fingerprint density at radius 1 is 1.33 bits per heavy atom. The number of hydrogen-bond acceptors (Lipinski definition) is 7. The van der Waals surface area contributed by atoms with Crippen LogP contribution in [-0.2, 0) is 0 Å². The van der Waals surface area contributed by atoms with E-state index in [1.807, 2.05) is 6.92 Å². The average Bonchev–Trinajstić information content (AvgIpc) is 3.46. The van der Waals surface area contributed by atoms with Gasteiger partial charge in [-0.1, -0.05) is 6.92 Å². The van der Waals surface area contributed by atoms with Crippen molar-refractivity contribution in [2.45, 2.75) is 38.8 Å². The molecule has 2 aliphatic rings. The molecule has 7 N–H and O–H groups in total. The van der Waals surface area contributed by atoms with Crippen molar-refractivity contribution in [1.29, 1.82) is 0 Å². The lowest BCUT2D eigenvalue weighted by Gasteiger charge is -2.24. The number of nitrogen functional groups attached to an aromatic ring is 1. The van der Waals surface area contributed by atoms with Gasteiger partial charge in [0.2, 0.25) is 0 Å². The number of nitrogens with one attached hydrogen (secondary N) is 1. The molecule has 1 saturated carbocycles.